The molecule has 3 heterocycles. The molecule has 1 aromatic heterocycles. The van der Waals surface area contributed by atoms with E-state index in [1.807, 2.05) is 11.0 Å². The maximum Gasteiger partial charge on any atom is 0.298 e. The summed E-state index contributed by atoms with van der Waals surface area (Å²) < 4.78 is 5.80. The number of oxazole rings is 1. The molecule has 138 valence electrons. The molecule has 0 bridgehead atoms. The molecule has 0 saturated carbocycles. The Labute approximate surface area is 156 Å². The van der Waals surface area contributed by atoms with E-state index in [4.69, 9.17) is 16.0 Å². The average molecular weight is 377 g/mol. The van der Waals surface area contributed by atoms with E-state index >= 15 is 0 Å². The SMILES string of the molecule is O=C(NC1CCCNC1=O)C1CCN(c2nc3ccc(Cl)cc3o2)CC1. The van der Waals surface area contributed by atoms with E-state index in [2.05, 4.69) is 15.6 Å². The standard InChI is InChI=1S/C18H21ClN4O3/c19-12-3-4-13-15(10-12)26-18(22-13)23-8-5-11(6-9-23)16(24)21-14-2-1-7-20-17(14)25/h3-4,10-11,14H,1-2,5-9H2,(H,20,25)(H,21,24). The zero-order chi connectivity index (χ0) is 18.1. The maximum atomic E-state index is 12.5. The first-order chi connectivity index (χ1) is 12.6. The summed E-state index contributed by atoms with van der Waals surface area (Å²) in [6, 6.07) is 5.54. The van der Waals surface area contributed by atoms with Crippen LogP contribution in [0, 0.1) is 5.92 Å². The van der Waals surface area contributed by atoms with Gasteiger partial charge in [-0.1, -0.05) is 11.6 Å². The predicted molar refractivity (Wildman–Crippen MR) is 98.1 cm³/mol. The van der Waals surface area contributed by atoms with Gasteiger partial charge in [0.05, 0.1) is 0 Å². The molecule has 2 aliphatic rings. The van der Waals surface area contributed by atoms with E-state index < -0.39 is 6.04 Å². The lowest BCUT2D eigenvalue weighted by Crippen LogP contribution is -2.52. The molecule has 1 unspecified atom stereocenters. The first-order valence-corrected chi connectivity index (χ1v) is 9.37. The van der Waals surface area contributed by atoms with Gasteiger partial charge in [-0.2, -0.15) is 4.98 Å². The highest BCUT2D eigenvalue weighted by atomic mass is 35.5. The second-order valence-corrected chi connectivity index (χ2v) is 7.30. The largest absolute Gasteiger partial charge is 0.423 e. The molecule has 0 radical (unpaired) electrons. The van der Waals surface area contributed by atoms with Crippen LogP contribution in [0.3, 0.4) is 0 Å². The number of piperidine rings is 2. The van der Waals surface area contributed by atoms with Crippen LogP contribution >= 0.6 is 11.6 Å². The van der Waals surface area contributed by atoms with Gasteiger partial charge in [-0.3, -0.25) is 9.59 Å². The van der Waals surface area contributed by atoms with Gasteiger partial charge in [0, 0.05) is 36.6 Å². The minimum absolute atomic E-state index is 0.0314. The van der Waals surface area contributed by atoms with E-state index in [-0.39, 0.29) is 17.7 Å². The van der Waals surface area contributed by atoms with Crippen molar-refractivity contribution in [1.29, 1.82) is 0 Å². The van der Waals surface area contributed by atoms with Crippen LogP contribution in [0.15, 0.2) is 22.6 Å². The van der Waals surface area contributed by atoms with Crippen LogP contribution in [0.25, 0.3) is 11.1 Å². The number of nitrogens with one attached hydrogen (secondary N) is 2. The number of hydrogen-bond donors (Lipinski definition) is 2. The van der Waals surface area contributed by atoms with Crippen molar-refractivity contribution in [3.05, 3.63) is 23.2 Å². The lowest BCUT2D eigenvalue weighted by molar-refractivity contribution is -0.132. The van der Waals surface area contributed by atoms with Crippen LogP contribution < -0.4 is 15.5 Å². The van der Waals surface area contributed by atoms with Crippen LogP contribution in [0.2, 0.25) is 5.02 Å². The summed E-state index contributed by atoms with van der Waals surface area (Å²) in [5.74, 6) is -0.192. The van der Waals surface area contributed by atoms with Gasteiger partial charge in [-0.25, -0.2) is 0 Å². The highest BCUT2D eigenvalue weighted by molar-refractivity contribution is 6.31. The summed E-state index contributed by atoms with van der Waals surface area (Å²) in [5, 5.41) is 6.30. The highest BCUT2D eigenvalue weighted by Gasteiger charge is 2.30. The molecular formula is C18H21ClN4O3. The molecule has 1 atom stereocenters. The number of amides is 2. The Morgan fingerprint density at radius 1 is 1.31 bits per heavy atom. The van der Waals surface area contributed by atoms with Crippen LogP contribution in [0.4, 0.5) is 6.01 Å². The molecular weight excluding hydrogens is 356 g/mol. The van der Waals surface area contributed by atoms with Crippen molar-refractivity contribution >= 4 is 40.5 Å². The minimum Gasteiger partial charge on any atom is -0.423 e. The summed E-state index contributed by atoms with van der Waals surface area (Å²) in [6.45, 7) is 2.07. The lowest BCUT2D eigenvalue weighted by Gasteiger charge is -2.31. The molecule has 1 aromatic carbocycles. The van der Waals surface area contributed by atoms with Crippen LogP contribution in [0.5, 0.6) is 0 Å². The van der Waals surface area contributed by atoms with Gasteiger partial charge in [0.15, 0.2) is 5.58 Å². The number of nitrogens with zero attached hydrogens (tertiary/aromatic N) is 2. The molecule has 0 spiro atoms. The maximum absolute atomic E-state index is 12.5. The molecule has 7 nitrogen and oxygen atoms in total. The van der Waals surface area contributed by atoms with Gasteiger partial charge in [0.25, 0.3) is 6.01 Å². The lowest BCUT2D eigenvalue weighted by atomic mass is 9.95. The minimum atomic E-state index is -0.393. The van der Waals surface area contributed by atoms with Crippen LogP contribution in [0.1, 0.15) is 25.7 Å². The fraction of sp³-hybridized carbons (Fsp3) is 0.500. The zero-order valence-corrected chi connectivity index (χ0v) is 15.1. The quantitative estimate of drug-likeness (QED) is 0.856. The number of halogens is 1. The van der Waals surface area contributed by atoms with Crippen molar-refractivity contribution in [2.45, 2.75) is 31.7 Å². The monoisotopic (exact) mass is 376 g/mol. The molecule has 2 aliphatic heterocycles. The summed E-state index contributed by atoms with van der Waals surface area (Å²) >= 11 is 5.98. The summed E-state index contributed by atoms with van der Waals surface area (Å²) in [6.07, 6.45) is 3.03. The third-order valence-corrected chi connectivity index (χ3v) is 5.31. The second-order valence-electron chi connectivity index (χ2n) is 6.86. The van der Waals surface area contributed by atoms with Crippen molar-refractivity contribution in [2.75, 3.05) is 24.5 Å². The fourth-order valence-corrected chi connectivity index (χ4v) is 3.72. The molecule has 2 saturated heterocycles. The van der Waals surface area contributed by atoms with E-state index in [9.17, 15) is 9.59 Å². The molecule has 4 rings (SSSR count). The van der Waals surface area contributed by atoms with E-state index in [0.717, 1.165) is 11.9 Å². The number of hydrogen-bond acceptors (Lipinski definition) is 5. The first kappa shape index (κ1) is 17.1. The number of rotatable bonds is 3. The predicted octanol–water partition coefficient (Wildman–Crippen LogP) is 2.09. The van der Waals surface area contributed by atoms with Gasteiger partial charge < -0.3 is 20.0 Å². The molecule has 26 heavy (non-hydrogen) atoms. The second kappa shape index (κ2) is 7.15. The number of fused-ring (bicyclic) bond motifs is 1. The van der Waals surface area contributed by atoms with E-state index in [1.54, 1.807) is 12.1 Å². The Balaban J connectivity index is 1.35. The first-order valence-electron chi connectivity index (χ1n) is 8.99. The van der Waals surface area contributed by atoms with Gasteiger partial charge in [0.1, 0.15) is 11.6 Å². The number of carbonyl (C=O) groups is 2. The number of carbonyl (C=O) groups excluding carboxylic acids is 2. The van der Waals surface area contributed by atoms with Crippen molar-refractivity contribution in [3.63, 3.8) is 0 Å². The van der Waals surface area contributed by atoms with Gasteiger partial charge >= 0.3 is 0 Å². The van der Waals surface area contributed by atoms with Gasteiger partial charge in [-0.15, -0.1) is 0 Å². The van der Waals surface area contributed by atoms with Crippen molar-refractivity contribution in [2.24, 2.45) is 5.92 Å². The van der Waals surface area contributed by atoms with Gasteiger partial charge in [0.2, 0.25) is 11.8 Å². The third kappa shape index (κ3) is 3.49. The molecule has 2 amide bonds. The Morgan fingerprint density at radius 2 is 2.12 bits per heavy atom. The van der Waals surface area contributed by atoms with Crippen LogP contribution in [-0.2, 0) is 9.59 Å². The van der Waals surface area contributed by atoms with Crippen molar-refractivity contribution < 1.29 is 14.0 Å². The summed E-state index contributed by atoms with van der Waals surface area (Å²) in [4.78, 5) is 30.8. The number of aromatic nitrogens is 1. The zero-order valence-electron chi connectivity index (χ0n) is 14.3. The van der Waals surface area contributed by atoms with E-state index in [1.165, 1.54) is 0 Å². The Morgan fingerprint density at radius 3 is 2.88 bits per heavy atom. The molecule has 8 heteroatoms. The number of anilines is 1. The fourth-order valence-electron chi connectivity index (χ4n) is 3.55. The van der Waals surface area contributed by atoms with Gasteiger partial charge in [-0.05, 0) is 37.8 Å². The van der Waals surface area contributed by atoms with E-state index in [0.29, 0.717) is 55.5 Å². The van der Waals surface area contributed by atoms with Crippen LogP contribution in [-0.4, -0.2) is 42.5 Å². The molecule has 0 aliphatic carbocycles. The highest BCUT2D eigenvalue weighted by Crippen LogP contribution is 2.28. The van der Waals surface area contributed by atoms with Crippen molar-refractivity contribution in [3.8, 4) is 0 Å². The molecule has 2 N–H and O–H groups in total. The Bertz CT molecular complexity index is 829. The smallest absolute Gasteiger partial charge is 0.298 e. The number of benzene rings is 1. The third-order valence-electron chi connectivity index (χ3n) is 5.08. The normalized spacial score (nSPS) is 21.7. The average Bonchev–Trinajstić information content (AvgIpc) is 3.07. The summed E-state index contributed by atoms with van der Waals surface area (Å²) in [5.41, 5.74) is 1.43. The Hall–Kier alpha value is -2.28. The molecule has 2 fully saturated rings. The topological polar surface area (TPSA) is 87.5 Å². The Kier molecular flexibility index (Phi) is 4.72. The summed E-state index contributed by atoms with van der Waals surface area (Å²) in [7, 11) is 0. The molecule has 2 aromatic rings. The van der Waals surface area contributed by atoms with Crippen molar-refractivity contribution in [1.82, 2.24) is 15.6 Å².